The molecule has 0 aliphatic heterocycles. The lowest BCUT2D eigenvalue weighted by Gasteiger charge is -2.23. The minimum atomic E-state index is -1.08. The maximum Gasteiger partial charge on any atom is 0.331 e. The van der Waals surface area contributed by atoms with E-state index in [-0.39, 0.29) is 12.0 Å². The Morgan fingerprint density at radius 2 is 1.85 bits per heavy atom. The SMILES string of the molecule is CC1(C(=O)O)C=CC=C(C(=O)O)C1.ClC1CCCCC1. The van der Waals surface area contributed by atoms with Crippen LogP contribution in [0.4, 0.5) is 0 Å². The number of rotatable bonds is 2. The first-order valence-electron chi connectivity index (χ1n) is 6.84. The fourth-order valence-electron chi connectivity index (χ4n) is 2.24. The number of halogens is 1. The first-order valence-corrected chi connectivity index (χ1v) is 7.28. The summed E-state index contributed by atoms with van der Waals surface area (Å²) in [5.41, 5.74) is -0.949. The molecule has 0 aromatic carbocycles. The summed E-state index contributed by atoms with van der Waals surface area (Å²) in [6.07, 6.45) is 11.1. The number of aliphatic carboxylic acids is 2. The summed E-state index contributed by atoms with van der Waals surface area (Å²) in [4.78, 5) is 21.3. The van der Waals surface area contributed by atoms with Crippen molar-refractivity contribution in [2.75, 3.05) is 0 Å². The smallest absolute Gasteiger partial charge is 0.331 e. The van der Waals surface area contributed by atoms with Crippen molar-refractivity contribution in [1.29, 1.82) is 0 Å². The lowest BCUT2D eigenvalue weighted by Crippen LogP contribution is -2.28. The Hall–Kier alpha value is -1.29. The third-order valence-electron chi connectivity index (χ3n) is 3.62. The second kappa shape index (κ2) is 7.48. The van der Waals surface area contributed by atoms with Crippen LogP contribution in [0.3, 0.4) is 0 Å². The van der Waals surface area contributed by atoms with Crippen LogP contribution in [0.1, 0.15) is 45.4 Å². The predicted octanol–water partition coefficient (Wildman–Crippen LogP) is 3.61. The van der Waals surface area contributed by atoms with Gasteiger partial charge in [0.05, 0.1) is 5.41 Å². The zero-order valence-electron chi connectivity index (χ0n) is 11.6. The monoisotopic (exact) mass is 300 g/mol. The third kappa shape index (κ3) is 5.00. The highest BCUT2D eigenvalue weighted by molar-refractivity contribution is 6.20. The summed E-state index contributed by atoms with van der Waals surface area (Å²) in [6, 6.07) is 0. The van der Waals surface area contributed by atoms with E-state index in [4.69, 9.17) is 21.8 Å². The molecular weight excluding hydrogens is 280 g/mol. The maximum atomic E-state index is 10.8. The Labute approximate surface area is 124 Å². The van der Waals surface area contributed by atoms with Gasteiger partial charge in [-0.05, 0) is 26.2 Å². The van der Waals surface area contributed by atoms with E-state index in [0.29, 0.717) is 5.38 Å². The number of hydrogen-bond acceptors (Lipinski definition) is 2. The van der Waals surface area contributed by atoms with Gasteiger partial charge < -0.3 is 10.2 Å². The number of carboxylic acids is 2. The van der Waals surface area contributed by atoms with Crippen LogP contribution in [-0.2, 0) is 9.59 Å². The molecule has 2 aliphatic rings. The van der Waals surface area contributed by atoms with Crippen LogP contribution in [-0.4, -0.2) is 27.5 Å². The van der Waals surface area contributed by atoms with Gasteiger partial charge in [0.25, 0.3) is 0 Å². The molecule has 4 nitrogen and oxygen atoms in total. The standard InChI is InChI=1S/C9H10O4.C6H11Cl/c1-9(8(12)13)4-2-3-6(5-9)7(10)11;7-6-4-2-1-3-5-6/h2-4H,5H2,1H3,(H,10,11)(H,12,13);6H,1-5H2. The molecule has 0 aromatic heterocycles. The van der Waals surface area contributed by atoms with Crippen molar-refractivity contribution in [3.8, 4) is 0 Å². The Kier molecular flexibility index (Phi) is 6.27. The van der Waals surface area contributed by atoms with Crippen molar-refractivity contribution < 1.29 is 19.8 Å². The first-order chi connectivity index (χ1) is 9.35. The van der Waals surface area contributed by atoms with Gasteiger partial charge >= 0.3 is 11.9 Å². The van der Waals surface area contributed by atoms with E-state index in [1.807, 2.05) is 0 Å². The molecule has 0 radical (unpaired) electrons. The number of alkyl halides is 1. The summed E-state index contributed by atoms with van der Waals surface area (Å²) in [5.74, 6) is -2.06. The Morgan fingerprint density at radius 3 is 2.25 bits per heavy atom. The molecule has 0 bridgehead atoms. The lowest BCUT2D eigenvalue weighted by molar-refractivity contribution is -0.145. The largest absolute Gasteiger partial charge is 0.481 e. The van der Waals surface area contributed by atoms with Gasteiger partial charge in [0.15, 0.2) is 0 Å². The molecule has 0 heterocycles. The Morgan fingerprint density at radius 1 is 1.25 bits per heavy atom. The average molecular weight is 301 g/mol. The van der Waals surface area contributed by atoms with Crippen molar-refractivity contribution in [2.45, 2.75) is 50.8 Å². The fourth-order valence-corrected chi connectivity index (χ4v) is 2.55. The van der Waals surface area contributed by atoms with Crippen LogP contribution in [0.15, 0.2) is 23.8 Å². The normalized spacial score (nSPS) is 26.2. The number of allylic oxidation sites excluding steroid dienone is 2. The molecule has 0 aromatic rings. The van der Waals surface area contributed by atoms with Gasteiger partial charge in [-0.3, -0.25) is 4.79 Å². The van der Waals surface area contributed by atoms with Gasteiger partial charge in [-0.15, -0.1) is 11.6 Å². The quantitative estimate of drug-likeness (QED) is 0.764. The van der Waals surface area contributed by atoms with E-state index in [1.165, 1.54) is 57.3 Å². The molecule has 2 aliphatic carbocycles. The lowest BCUT2D eigenvalue weighted by atomic mass is 9.80. The summed E-state index contributed by atoms with van der Waals surface area (Å²) < 4.78 is 0. The van der Waals surface area contributed by atoms with Crippen molar-refractivity contribution in [3.63, 3.8) is 0 Å². The molecule has 112 valence electrons. The molecule has 5 heteroatoms. The fraction of sp³-hybridized carbons (Fsp3) is 0.600. The van der Waals surface area contributed by atoms with Gasteiger partial charge in [0.1, 0.15) is 0 Å². The molecule has 0 saturated heterocycles. The molecule has 20 heavy (non-hydrogen) atoms. The zero-order chi connectivity index (χ0) is 15.2. The summed E-state index contributed by atoms with van der Waals surface area (Å²) in [5, 5.41) is 18.0. The van der Waals surface area contributed by atoms with E-state index in [9.17, 15) is 9.59 Å². The molecule has 1 fully saturated rings. The molecular formula is C15H21ClO4. The highest BCUT2D eigenvalue weighted by Gasteiger charge is 2.34. The van der Waals surface area contributed by atoms with Crippen LogP contribution in [0.5, 0.6) is 0 Å². The molecule has 0 spiro atoms. The predicted molar refractivity (Wildman–Crippen MR) is 77.9 cm³/mol. The van der Waals surface area contributed by atoms with Crippen molar-refractivity contribution in [1.82, 2.24) is 0 Å². The van der Waals surface area contributed by atoms with E-state index >= 15 is 0 Å². The van der Waals surface area contributed by atoms with E-state index < -0.39 is 17.4 Å². The van der Waals surface area contributed by atoms with Gasteiger partial charge in [0.2, 0.25) is 0 Å². The minimum Gasteiger partial charge on any atom is -0.481 e. The number of carboxylic acid groups (broad SMARTS) is 2. The molecule has 1 saturated carbocycles. The van der Waals surface area contributed by atoms with Crippen molar-refractivity contribution in [2.24, 2.45) is 5.41 Å². The maximum absolute atomic E-state index is 10.8. The highest BCUT2D eigenvalue weighted by atomic mass is 35.5. The summed E-state index contributed by atoms with van der Waals surface area (Å²) in [7, 11) is 0. The molecule has 2 rings (SSSR count). The van der Waals surface area contributed by atoms with Gasteiger partial charge in [-0.2, -0.15) is 0 Å². The highest BCUT2D eigenvalue weighted by Crippen LogP contribution is 2.31. The molecule has 1 unspecified atom stereocenters. The molecule has 1 atom stereocenters. The van der Waals surface area contributed by atoms with Crippen LogP contribution < -0.4 is 0 Å². The zero-order valence-corrected chi connectivity index (χ0v) is 12.4. The molecule has 0 amide bonds. The minimum absolute atomic E-state index is 0.0359. The van der Waals surface area contributed by atoms with Crippen LogP contribution in [0.25, 0.3) is 0 Å². The van der Waals surface area contributed by atoms with Gasteiger partial charge in [-0.1, -0.05) is 37.5 Å². The van der Waals surface area contributed by atoms with Gasteiger partial charge in [-0.25, -0.2) is 4.79 Å². The number of hydrogen-bond donors (Lipinski definition) is 2. The molecule has 2 N–H and O–H groups in total. The van der Waals surface area contributed by atoms with Crippen LogP contribution in [0, 0.1) is 5.41 Å². The summed E-state index contributed by atoms with van der Waals surface area (Å²) in [6.45, 7) is 1.50. The van der Waals surface area contributed by atoms with Gasteiger partial charge in [0, 0.05) is 11.0 Å². The third-order valence-corrected chi connectivity index (χ3v) is 4.05. The number of carbonyl (C=O) groups is 2. The topological polar surface area (TPSA) is 74.6 Å². The Bertz CT molecular complexity index is 422. The van der Waals surface area contributed by atoms with Crippen LogP contribution >= 0.6 is 11.6 Å². The first kappa shape index (κ1) is 16.8. The second-order valence-corrected chi connectivity index (χ2v) is 6.11. The van der Waals surface area contributed by atoms with E-state index in [0.717, 1.165) is 0 Å². The van der Waals surface area contributed by atoms with E-state index in [1.54, 1.807) is 0 Å². The van der Waals surface area contributed by atoms with Crippen LogP contribution in [0.2, 0.25) is 0 Å². The van der Waals surface area contributed by atoms with Crippen molar-refractivity contribution in [3.05, 3.63) is 23.8 Å². The average Bonchev–Trinajstić information content (AvgIpc) is 2.40. The second-order valence-electron chi connectivity index (χ2n) is 5.49. The van der Waals surface area contributed by atoms with Crippen molar-refractivity contribution >= 4 is 23.5 Å². The Balaban J connectivity index is 0.000000240. The van der Waals surface area contributed by atoms with E-state index in [2.05, 4.69) is 0 Å². The summed E-state index contributed by atoms with van der Waals surface area (Å²) >= 11 is 5.82.